The molecule has 0 saturated carbocycles. The molecule has 1 rings (SSSR count). The highest BCUT2D eigenvalue weighted by atomic mass is 32.2. The lowest BCUT2D eigenvalue weighted by Crippen LogP contribution is -2.11. The molecule has 4 nitrogen and oxygen atoms in total. The first-order chi connectivity index (χ1) is 7.49. The Hall–Kier alpha value is -0.560. The van der Waals surface area contributed by atoms with Gasteiger partial charge in [0.15, 0.2) is 9.84 Å². The molecule has 6 heteroatoms. The summed E-state index contributed by atoms with van der Waals surface area (Å²) in [4.78, 5) is 5.86. The normalized spacial score (nSPS) is 11.7. The van der Waals surface area contributed by atoms with Gasteiger partial charge < -0.3 is 4.84 Å². The molecule has 0 amide bonds. The molecule has 0 radical (unpaired) electrons. The van der Waals surface area contributed by atoms with Crippen LogP contribution in [0.2, 0.25) is 0 Å². The van der Waals surface area contributed by atoms with Gasteiger partial charge >= 0.3 is 0 Å². The molecule has 0 aliphatic rings. The van der Waals surface area contributed by atoms with Crippen molar-refractivity contribution in [2.45, 2.75) is 16.3 Å². The topological polar surface area (TPSA) is 55.4 Å². The molecule has 0 unspecified atom stereocenters. The van der Waals surface area contributed by atoms with Crippen LogP contribution < -0.4 is 5.48 Å². The summed E-state index contributed by atoms with van der Waals surface area (Å²) in [7, 11) is -1.66. The maximum Gasteiger partial charge on any atom is 0.176 e. The number of sulfone groups is 1. The number of nitrogens with one attached hydrogen (secondary N) is 1. The first-order valence-electron chi connectivity index (χ1n) is 4.62. The van der Waals surface area contributed by atoms with Crippen molar-refractivity contribution in [1.82, 2.24) is 5.48 Å². The zero-order valence-corrected chi connectivity index (χ0v) is 11.1. The molecule has 0 heterocycles. The Morgan fingerprint density at radius 3 is 2.62 bits per heavy atom. The number of thioether (sulfide) groups is 1. The predicted octanol–water partition coefficient (Wildman–Crippen LogP) is 1.46. The van der Waals surface area contributed by atoms with E-state index in [1.54, 1.807) is 6.07 Å². The SMILES string of the molecule is CONCc1ccc(SC)c(S(C)(=O)=O)c1. The maximum absolute atomic E-state index is 11.6. The Morgan fingerprint density at radius 2 is 2.12 bits per heavy atom. The van der Waals surface area contributed by atoms with Gasteiger partial charge in [-0.2, -0.15) is 5.48 Å². The molecular weight excluding hydrogens is 246 g/mol. The van der Waals surface area contributed by atoms with Crippen LogP contribution in [0, 0.1) is 0 Å². The average molecular weight is 261 g/mol. The second kappa shape index (κ2) is 5.67. The molecule has 90 valence electrons. The second-order valence-corrected chi connectivity index (χ2v) is 6.11. The van der Waals surface area contributed by atoms with Gasteiger partial charge in [0.1, 0.15) is 0 Å². The third-order valence-electron chi connectivity index (χ3n) is 2.05. The lowest BCUT2D eigenvalue weighted by molar-refractivity contribution is 0.0866. The second-order valence-electron chi connectivity index (χ2n) is 3.28. The summed E-state index contributed by atoms with van der Waals surface area (Å²) in [6, 6.07) is 5.37. The fraction of sp³-hybridized carbons (Fsp3) is 0.400. The molecule has 0 spiro atoms. The molecule has 1 aromatic rings. The summed E-state index contributed by atoms with van der Waals surface area (Å²) in [6.07, 6.45) is 3.08. The Balaban J connectivity index is 3.12. The van der Waals surface area contributed by atoms with Crippen LogP contribution >= 0.6 is 11.8 Å². The van der Waals surface area contributed by atoms with Crippen molar-refractivity contribution >= 4 is 21.6 Å². The lowest BCUT2D eigenvalue weighted by Gasteiger charge is -2.08. The van der Waals surface area contributed by atoms with E-state index in [2.05, 4.69) is 5.48 Å². The van der Waals surface area contributed by atoms with Crippen molar-refractivity contribution < 1.29 is 13.3 Å². The minimum Gasteiger partial charge on any atom is -0.305 e. The lowest BCUT2D eigenvalue weighted by atomic mass is 10.2. The van der Waals surface area contributed by atoms with E-state index in [1.165, 1.54) is 25.1 Å². The van der Waals surface area contributed by atoms with E-state index in [9.17, 15) is 8.42 Å². The maximum atomic E-state index is 11.6. The van der Waals surface area contributed by atoms with Crippen molar-refractivity contribution in [3.05, 3.63) is 23.8 Å². The Kier molecular flexibility index (Phi) is 4.79. The number of benzene rings is 1. The zero-order chi connectivity index (χ0) is 12.2. The smallest absolute Gasteiger partial charge is 0.176 e. The summed E-state index contributed by atoms with van der Waals surface area (Å²) in [5.74, 6) is 0. The molecular formula is C10H15NO3S2. The summed E-state index contributed by atoms with van der Waals surface area (Å²) in [5, 5.41) is 0. The zero-order valence-electron chi connectivity index (χ0n) is 9.48. The van der Waals surface area contributed by atoms with Crippen LogP contribution in [0.3, 0.4) is 0 Å². The first-order valence-corrected chi connectivity index (χ1v) is 7.73. The largest absolute Gasteiger partial charge is 0.305 e. The first kappa shape index (κ1) is 13.5. The van der Waals surface area contributed by atoms with Crippen molar-refractivity contribution in [3.63, 3.8) is 0 Å². The van der Waals surface area contributed by atoms with Crippen LogP contribution in [0.25, 0.3) is 0 Å². The Labute approximate surface area is 100 Å². The molecule has 0 aliphatic carbocycles. The summed E-state index contributed by atoms with van der Waals surface area (Å²) in [5.41, 5.74) is 3.55. The number of rotatable bonds is 5. The summed E-state index contributed by atoms with van der Waals surface area (Å²) < 4.78 is 23.1. The molecule has 0 fully saturated rings. The van der Waals surface area contributed by atoms with Gasteiger partial charge in [0, 0.05) is 17.7 Å². The van der Waals surface area contributed by atoms with Gasteiger partial charge in [-0.15, -0.1) is 11.8 Å². The van der Waals surface area contributed by atoms with Crippen LogP contribution in [0.4, 0.5) is 0 Å². The van der Waals surface area contributed by atoms with Crippen LogP contribution in [0.1, 0.15) is 5.56 Å². The fourth-order valence-corrected chi connectivity index (χ4v) is 3.24. The highest BCUT2D eigenvalue weighted by Crippen LogP contribution is 2.25. The molecule has 0 atom stereocenters. The van der Waals surface area contributed by atoms with Crippen LogP contribution in [0.5, 0.6) is 0 Å². The van der Waals surface area contributed by atoms with Crippen molar-refractivity contribution in [2.75, 3.05) is 19.6 Å². The predicted molar refractivity (Wildman–Crippen MR) is 65.2 cm³/mol. The van der Waals surface area contributed by atoms with E-state index < -0.39 is 9.84 Å². The molecule has 0 aliphatic heterocycles. The van der Waals surface area contributed by atoms with Gasteiger partial charge in [-0.05, 0) is 24.0 Å². The summed E-state index contributed by atoms with van der Waals surface area (Å²) in [6.45, 7) is 0.480. The third-order valence-corrected chi connectivity index (χ3v) is 4.11. The number of hydrogen-bond donors (Lipinski definition) is 1. The van der Waals surface area contributed by atoms with Crippen molar-refractivity contribution in [1.29, 1.82) is 0 Å². The number of hydrogen-bond acceptors (Lipinski definition) is 5. The van der Waals surface area contributed by atoms with E-state index >= 15 is 0 Å². The van der Waals surface area contributed by atoms with E-state index in [0.29, 0.717) is 11.4 Å². The Bertz CT molecular complexity index is 457. The molecule has 0 aromatic heterocycles. The third kappa shape index (κ3) is 3.48. The average Bonchev–Trinajstić information content (AvgIpc) is 2.24. The van der Waals surface area contributed by atoms with Gasteiger partial charge in [0.2, 0.25) is 0 Å². The van der Waals surface area contributed by atoms with Crippen LogP contribution in [-0.2, 0) is 21.2 Å². The van der Waals surface area contributed by atoms with E-state index in [1.807, 2.05) is 18.4 Å². The summed E-state index contributed by atoms with van der Waals surface area (Å²) >= 11 is 1.42. The van der Waals surface area contributed by atoms with Crippen molar-refractivity contribution in [2.24, 2.45) is 0 Å². The van der Waals surface area contributed by atoms with E-state index in [-0.39, 0.29) is 0 Å². The van der Waals surface area contributed by atoms with Crippen molar-refractivity contribution in [3.8, 4) is 0 Å². The fourth-order valence-electron chi connectivity index (χ4n) is 1.28. The van der Waals surface area contributed by atoms with Gasteiger partial charge in [0.05, 0.1) is 12.0 Å². The monoisotopic (exact) mass is 261 g/mol. The molecule has 1 aromatic carbocycles. The van der Waals surface area contributed by atoms with Gasteiger partial charge in [-0.25, -0.2) is 8.42 Å². The van der Waals surface area contributed by atoms with E-state index in [0.717, 1.165) is 10.5 Å². The standard InChI is InChI=1S/C10H15NO3S2/c1-14-11-7-8-4-5-9(15-2)10(6-8)16(3,12)13/h4-6,11H,7H2,1-3H3. The highest BCUT2D eigenvalue weighted by Gasteiger charge is 2.13. The molecule has 0 bridgehead atoms. The molecule has 16 heavy (non-hydrogen) atoms. The van der Waals surface area contributed by atoms with Gasteiger partial charge in [-0.1, -0.05) is 6.07 Å². The minimum atomic E-state index is -3.18. The molecule has 0 saturated heterocycles. The van der Waals surface area contributed by atoms with Gasteiger partial charge in [0.25, 0.3) is 0 Å². The molecule has 1 N–H and O–H groups in total. The van der Waals surface area contributed by atoms with Crippen LogP contribution in [-0.4, -0.2) is 28.0 Å². The Morgan fingerprint density at radius 1 is 1.44 bits per heavy atom. The van der Waals surface area contributed by atoms with E-state index in [4.69, 9.17) is 4.84 Å². The highest BCUT2D eigenvalue weighted by molar-refractivity contribution is 7.99. The minimum absolute atomic E-state index is 0.371. The quantitative estimate of drug-likeness (QED) is 0.642. The van der Waals surface area contributed by atoms with Gasteiger partial charge in [-0.3, -0.25) is 0 Å². The number of hydroxylamine groups is 1. The van der Waals surface area contributed by atoms with Crippen LogP contribution in [0.15, 0.2) is 28.0 Å².